The van der Waals surface area contributed by atoms with Crippen LogP contribution >= 0.6 is 0 Å². The van der Waals surface area contributed by atoms with Crippen molar-refractivity contribution < 1.29 is 9.53 Å². The van der Waals surface area contributed by atoms with E-state index in [0.717, 1.165) is 19.3 Å². The molecular formula is C9H17NO2. The molecular weight excluding hydrogens is 154 g/mol. The van der Waals surface area contributed by atoms with Crippen molar-refractivity contribution >= 4 is 6.41 Å². The number of nitrogens with zero attached hydrogens (tertiary/aromatic N) is 1. The van der Waals surface area contributed by atoms with Crippen LogP contribution in [0.3, 0.4) is 0 Å². The van der Waals surface area contributed by atoms with Crippen LogP contribution in [0, 0.1) is 0 Å². The molecule has 0 N–H and O–H groups in total. The van der Waals surface area contributed by atoms with Crippen molar-refractivity contribution in [1.82, 2.24) is 4.90 Å². The highest BCUT2D eigenvalue weighted by Crippen LogP contribution is 2.21. The molecule has 3 atom stereocenters. The first kappa shape index (κ1) is 9.52. The molecule has 0 aliphatic carbocycles. The number of hydrogen-bond donors (Lipinski definition) is 0. The van der Waals surface area contributed by atoms with Crippen LogP contribution in [0.5, 0.6) is 0 Å². The summed E-state index contributed by atoms with van der Waals surface area (Å²) in [6.07, 6.45) is 3.49. The van der Waals surface area contributed by atoms with Gasteiger partial charge in [0.05, 0.1) is 18.2 Å². The first-order chi connectivity index (χ1) is 5.65. The number of hydrogen-bond acceptors (Lipinski definition) is 2. The van der Waals surface area contributed by atoms with Crippen LogP contribution in [0.25, 0.3) is 0 Å². The van der Waals surface area contributed by atoms with E-state index >= 15 is 0 Å². The van der Waals surface area contributed by atoms with Crippen LogP contribution in [0.2, 0.25) is 0 Å². The van der Waals surface area contributed by atoms with Crippen molar-refractivity contribution in [2.75, 3.05) is 7.05 Å². The maximum Gasteiger partial charge on any atom is 0.209 e. The molecule has 0 saturated carbocycles. The minimum Gasteiger partial charge on any atom is -0.373 e. The van der Waals surface area contributed by atoms with Gasteiger partial charge in [0.1, 0.15) is 0 Å². The van der Waals surface area contributed by atoms with Crippen LogP contribution in [0.4, 0.5) is 0 Å². The Morgan fingerprint density at radius 2 is 2.08 bits per heavy atom. The number of ether oxygens (including phenoxy) is 1. The molecule has 3 unspecified atom stereocenters. The predicted molar refractivity (Wildman–Crippen MR) is 46.9 cm³/mol. The monoisotopic (exact) mass is 171 g/mol. The molecule has 1 heterocycles. The van der Waals surface area contributed by atoms with Crippen molar-refractivity contribution in [2.24, 2.45) is 0 Å². The third kappa shape index (κ3) is 1.97. The normalized spacial score (nSPS) is 36.1. The molecule has 1 aliphatic heterocycles. The first-order valence-corrected chi connectivity index (χ1v) is 4.48. The molecule has 0 aromatic carbocycles. The summed E-state index contributed by atoms with van der Waals surface area (Å²) in [5, 5.41) is 0. The van der Waals surface area contributed by atoms with E-state index in [0.29, 0.717) is 6.10 Å². The van der Waals surface area contributed by atoms with E-state index in [1.165, 1.54) is 0 Å². The van der Waals surface area contributed by atoms with E-state index in [9.17, 15) is 4.79 Å². The molecule has 1 saturated heterocycles. The average Bonchev–Trinajstić information content (AvgIpc) is 2.03. The molecule has 12 heavy (non-hydrogen) atoms. The highest BCUT2D eigenvalue weighted by Gasteiger charge is 2.28. The lowest BCUT2D eigenvalue weighted by Crippen LogP contribution is -2.45. The van der Waals surface area contributed by atoms with Crippen molar-refractivity contribution in [1.29, 1.82) is 0 Å². The van der Waals surface area contributed by atoms with Crippen molar-refractivity contribution in [3.05, 3.63) is 0 Å². The van der Waals surface area contributed by atoms with E-state index in [1.54, 1.807) is 4.90 Å². The topological polar surface area (TPSA) is 29.5 Å². The molecule has 1 aliphatic rings. The number of rotatable bonds is 2. The SMILES string of the molecule is CC1CCC(N(C)C=O)C(C)O1. The van der Waals surface area contributed by atoms with Gasteiger partial charge in [0.25, 0.3) is 0 Å². The lowest BCUT2D eigenvalue weighted by molar-refractivity contribution is -0.128. The van der Waals surface area contributed by atoms with Crippen molar-refractivity contribution in [2.45, 2.75) is 44.9 Å². The Balaban J connectivity index is 2.49. The number of amides is 1. The minimum absolute atomic E-state index is 0.170. The second-order valence-electron chi connectivity index (χ2n) is 3.57. The Bertz CT molecular complexity index is 161. The largest absolute Gasteiger partial charge is 0.373 e. The highest BCUT2D eigenvalue weighted by atomic mass is 16.5. The molecule has 0 radical (unpaired) electrons. The second kappa shape index (κ2) is 3.90. The third-order valence-corrected chi connectivity index (χ3v) is 2.55. The maximum absolute atomic E-state index is 10.5. The van der Waals surface area contributed by atoms with Gasteiger partial charge in [-0.1, -0.05) is 0 Å². The minimum atomic E-state index is 0.170. The molecule has 0 aromatic heterocycles. The number of carbonyl (C=O) groups excluding carboxylic acids is 1. The summed E-state index contributed by atoms with van der Waals surface area (Å²) in [7, 11) is 1.81. The molecule has 3 heteroatoms. The summed E-state index contributed by atoms with van der Waals surface area (Å²) in [6, 6.07) is 0.263. The van der Waals surface area contributed by atoms with Crippen LogP contribution in [0.15, 0.2) is 0 Å². The van der Waals surface area contributed by atoms with Gasteiger partial charge >= 0.3 is 0 Å². The van der Waals surface area contributed by atoms with E-state index in [1.807, 2.05) is 14.0 Å². The number of carbonyl (C=O) groups is 1. The van der Waals surface area contributed by atoms with E-state index in [2.05, 4.69) is 6.92 Å². The zero-order valence-corrected chi connectivity index (χ0v) is 7.99. The summed E-state index contributed by atoms with van der Waals surface area (Å²) >= 11 is 0. The lowest BCUT2D eigenvalue weighted by Gasteiger charge is -2.36. The Labute approximate surface area is 73.7 Å². The summed E-state index contributed by atoms with van der Waals surface area (Å²) < 4.78 is 5.62. The van der Waals surface area contributed by atoms with Gasteiger partial charge in [-0.15, -0.1) is 0 Å². The average molecular weight is 171 g/mol. The lowest BCUT2D eigenvalue weighted by atomic mass is 9.99. The van der Waals surface area contributed by atoms with E-state index in [-0.39, 0.29) is 12.1 Å². The van der Waals surface area contributed by atoms with Crippen LogP contribution in [-0.4, -0.2) is 36.6 Å². The molecule has 0 aromatic rings. The zero-order valence-electron chi connectivity index (χ0n) is 7.99. The molecule has 70 valence electrons. The van der Waals surface area contributed by atoms with Crippen LogP contribution < -0.4 is 0 Å². The van der Waals surface area contributed by atoms with E-state index in [4.69, 9.17) is 4.74 Å². The van der Waals surface area contributed by atoms with Gasteiger partial charge < -0.3 is 9.64 Å². The molecule has 0 spiro atoms. The molecule has 1 rings (SSSR count). The van der Waals surface area contributed by atoms with E-state index < -0.39 is 0 Å². The standard InChI is InChI=1S/C9H17NO2/c1-7-4-5-9(8(2)12-7)10(3)6-11/h6-9H,4-5H2,1-3H3. The van der Waals surface area contributed by atoms with Gasteiger partial charge in [-0.2, -0.15) is 0 Å². The summed E-state index contributed by atoms with van der Waals surface area (Å²) in [6.45, 7) is 4.11. The summed E-state index contributed by atoms with van der Waals surface area (Å²) in [5.41, 5.74) is 0. The van der Waals surface area contributed by atoms with Gasteiger partial charge in [-0.25, -0.2) is 0 Å². The molecule has 0 bridgehead atoms. The number of likely N-dealkylation sites (N-methyl/N-ethyl adjacent to an activating group) is 1. The first-order valence-electron chi connectivity index (χ1n) is 4.48. The summed E-state index contributed by atoms with van der Waals surface area (Å²) in [4.78, 5) is 12.2. The second-order valence-corrected chi connectivity index (χ2v) is 3.57. The van der Waals surface area contributed by atoms with Gasteiger partial charge in [0.15, 0.2) is 0 Å². The Kier molecular flexibility index (Phi) is 3.09. The quantitative estimate of drug-likeness (QED) is 0.581. The fourth-order valence-electron chi connectivity index (χ4n) is 1.78. The fraction of sp³-hybridized carbons (Fsp3) is 0.889. The highest BCUT2D eigenvalue weighted by molar-refractivity contribution is 5.47. The van der Waals surface area contributed by atoms with Gasteiger partial charge in [0.2, 0.25) is 6.41 Å². The van der Waals surface area contributed by atoms with Gasteiger partial charge in [-0.3, -0.25) is 4.79 Å². The van der Waals surface area contributed by atoms with Crippen LogP contribution in [-0.2, 0) is 9.53 Å². The van der Waals surface area contributed by atoms with Gasteiger partial charge in [0, 0.05) is 7.05 Å². The fourth-order valence-corrected chi connectivity index (χ4v) is 1.78. The maximum atomic E-state index is 10.5. The predicted octanol–water partition coefficient (Wildman–Crippen LogP) is 1.03. The summed E-state index contributed by atoms with van der Waals surface area (Å²) in [5.74, 6) is 0. The van der Waals surface area contributed by atoms with Crippen molar-refractivity contribution in [3.8, 4) is 0 Å². The molecule has 1 fully saturated rings. The van der Waals surface area contributed by atoms with Gasteiger partial charge in [-0.05, 0) is 26.7 Å². The smallest absolute Gasteiger partial charge is 0.209 e. The zero-order chi connectivity index (χ0) is 9.14. The van der Waals surface area contributed by atoms with Crippen LogP contribution in [0.1, 0.15) is 26.7 Å². The Morgan fingerprint density at radius 3 is 2.58 bits per heavy atom. The Morgan fingerprint density at radius 1 is 1.42 bits per heavy atom. The Hall–Kier alpha value is -0.570. The third-order valence-electron chi connectivity index (χ3n) is 2.55. The molecule has 1 amide bonds. The molecule has 3 nitrogen and oxygen atoms in total. The van der Waals surface area contributed by atoms with Crippen molar-refractivity contribution in [3.63, 3.8) is 0 Å².